The Morgan fingerprint density at radius 3 is 2.83 bits per heavy atom. The normalized spacial score (nSPS) is 22.6. The number of nitrogens with one attached hydrogen (secondary N) is 3. The molecule has 0 radical (unpaired) electrons. The fourth-order valence-corrected chi connectivity index (χ4v) is 6.52. The van der Waals surface area contributed by atoms with Gasteiger partial charge < -0.3 is 20.5 Å². The molecule has 2 aromatic rings. The molecule has 30 heavy (non-hydrogen) atoms. The third-order valence-electron chi connectivity index (χ3n) is 5.97. The summed E-state index contributed by atoms with van der Waals surface area (Å²) in [6.45, 7) is 3.38. The minimum absolute atomic E-state index is 0.00677. The van der Waals surface area contributed by atoms with Crippen molar-refractivity contribution in [1.29, 1.82) is 0 Å². The fraction of sp³-hybridized carbons (Fsp3) is 0.524. The molecule has 4 rings (SSSR count). The molecule has 1 saturated heterocycles. The summed E-state index contributed by atoms with van der Waals surface area (Å²) in [5.41, 5.74) is 2.79. The molecule has 9 heteroatoms. The van der Waals surface area contributed by atoms with Crippen LogP contribution in [0.4, 0.5) is 4.79 Å². The van der Waals surface area contributed by atoms with Gasteiger partial charge in [-0.25, -0.2) is 13.2 Å². The van der Waals surface area contributed by atoms with Crippen molar-refractivity contribution in [3.63, 3.8) is 0 Å². The number of rotatable bonds is 5. The van der Waals surface area contributed by atoms with E-state index in [4.69, 9.17) is 0 Å². The lowest BCUT2D eigenvalue weighted by atomic mass is 10.0. The number of nitrogens with zero attached hydrogens (tertiary/aromatic N) is 1. The van der Waals surface area contributed by atoms with Crippen molar-refractivity contribution in [1.82, 2.24) is 20.5 Å². The lowest BCUT2D eigenvalue weighted by molar-refractivity contribution is -0.122. The van der Waals surface area contributed by atoms with Crippen LogP contribution in [0.15, 0.2) is 24.3 Å². The number of amides is 3. The molecular formula is C21H28N4O4S. The Kier molecular flexibility index (Phi) is 5.48. The molecule has 2 aliphatic heterocycles. The van der Waals surface area contributed by atoms with Gasteiger partial charge >= 0.3 is 6.03 Å². The molecule has 1 aromatic carbocycles. The number of aromatic amines is 1. The summed E-state index contributed by atoms with van der Waals surface area (Å²) in [5.74, 6) is -0.0643. The van der Waals surface area contributed by atoms with Crippen LogP contribution in [0.5, 0.6) is 0 Å². The number of carbonyl (C=O) groups is 2. The second-order valence-corrected chi connectivity index (χ2v) is 10.8. The van der Waals surface area contributed by atoms with Crippen molar-refractivity contribution in [2.24, 2.45) is 0 Å². The van der Waals surface area contributed by atoms with E-state index < -0.39 is 15.4 Å². The molecule has 1 fully saturated rings. The van der Waals surface area contributed by atoms with Gasteiger partial charge in [0.25, 0.3) is 0 Å². The first kappa shape index (κ1) is 20.7. The van der Waals surface area contributed by atoms with Crippen molar-refractivity contribution >= 4 is 32.7 Å². The van der Waals surface area contributed by atoms with Crippen molar-refractivity contribution < 1.29 is 18.0 Å². The van der Waals surface area contributed by atoms with Crippen LogP contribution in [-0.4, -0.2) is 60.4 Å². The lowest BCUT2D eigenvalue weighted by Gasteiger charge is -2.27. The molecule has 8 nitrogen and oxygen atoms in total. The van der Waals surface area contributed by atoms with Crippen LogP contribution in [0.3, 0.4) is 0 Å². The van der Waals surface area contributed by atoms with Gasteiger partial charge in [-0.3, -0.25) is 4.79 Å². The summed E-state index contributed by atoms with van der Waals surface area (Å²) in [6, 6.07) is 8.04. The Morgan fingerprint density at radius 2 is 2.07 bits per heavy atom. The van der Waals surface area contributed by atoms with E-state index in [0.29, 0.717) is 32.5 Å². The van der Waals surface area contributed by atoms with Gasteiger partial charge in [-0.2, -0.15) is 0 Å². The monoisotopic (exact) mass is 432 g/mol. The Hall–Kier alpha value is -2.55. The number of benzene rings is 1. The average Bonchev–Trinajstić information content (AvgIpc) is 3.20. The molecule has 1 aromatic heterocycles. The summed E-state index contributed by atoms with van der Waals surface area (Å²) in [6.07, 6.45) is 2.02. The van der Waals surface area contributed by atoms with Crippen molar-refractivity contribution in [2.75, 3.05) is 24.6 Å². The number of urea groups is 1. The van der Waals surface area contributed by atoms with E-state index in [1.807, 2.05) is 18.2 Å². The Bertz CT molecular complexity index is 1080. The third kappa shape index (κ3) is 4.45. The van der Waals surface area contributed by atoms with Gasteiger partial charge in [0.15, 0.2) is 9.84 Å². The highest BCUT2D eigenvalue weighted by Gasteiger charge is 2.39. The van der Waals surface area contributed by atoms with Crippen molar-refractivity contribution in [2.45, 2.75) is 44.7 Å². The Morgan fingerprint density at radius 1 is 1.27 bits per heavy atom. The zero-order valence-corrected chi connectivity index (χ0v) is 18.0. The Balaban J connectivity index is 1.21. The lowest BCUT2D eigenvalue weighted by Crippen LogP contribution is -2.47. The van der Waals surface area contributed by atoms with Gasteiger partial charge in [0.05, 0.1) is 23.6 Å². The van der Waals surface area contributed by atoms with Crippen LogP contribution < -0.4 is 10.6 Å². The van der Waals surface area contributed by atoms with Gasteiger partial charge in [0.2, 0.25) is 5.91 Å². The third-order valence-corrected chi connectivity index (χ3v) is 7.87. The number of carbonyl (C=O) groups excluding carboxylic acids is 2. The van der Waals surface area contributed by atoms with E-state index in [9.17, 15) is 18.0 Å². The maximum Gasteiger partial charge on any atom is 0.317 e. The quantitative estimate of drug-likeness (QED) is 0.625. The highest BCUT2D eigenvalue weighted by Crippen LogP contribution is 2.27. The molecule has 0 unspecified atom stereocenters. The maximum atomic E-state index is 12.5. The van der Waals surface area contributed by atoms with Crippen LogP contribution in [0.25, 0.3) is 10.9 Å². The molecule has 0 aliphatic carbocycles. The van der Waals surface area contributed by atoms with E-state index in [2.05, 4.69) is 21.7 Å². The molecule has 0 saturated carbocycles. The minimum atomic E-state index is -3.06. The van der Waals surface area contributed by atoms with Crippen LogP contribution in [0, 0.1) is 0 Å². The smallest absolute Gasteiger partial charge is 0.317 e. The maximum absolute atomic E-state index is 12.5. The van der Waals surface area contributed by atoms with E-state index in [1.165, 1.54) is 10.9 Å². The first-order valence-corrected chi connectivity index (χ1v) is 12.2. The van der Waals surface area contributed by atoms with Gasteiger partial charge in [0.1, 0.15) is 0 Å². The molecule has 0 bridgehead atoms. The SMILES string of the molecule is C[C@]1(NC(=O)CCCNC(=O)N2CCc3c([nH]c4ccccc34)C2)CCS(=O)(=O)C1. The van der Waals surface area contributed by atoms with Gasteiger partial charge in [-0.15, -0.1) is 0 Å². The molecule has 1 atom stereocenters. The molecule has 2 aliphatic rings. The number of sulfone groups is 1. The number of H-pyrrole nitrogens is 1. The summed E-state index contributed by atoms with van der Waals surface area (Å²) in [7, 11) is -3.06. The first-order chi connectivity index (χ1) is 14.2. The zero-order chi connectivity index (χ0) is 21.4. The topological polar surface area (TPSA) is 111 Å². The predicted octanol–water partition coefficient (Wildman–Crippen LogP) is 1.71. The van der Waals surface area contributed by atoms with Gasteiger partial charge in [-0.1, -0.05) is 18.2 Å². The fourth-order valence-electron chi connectivity index (χ4n) is 4.43. The first-order valence-electron chi connectivity index (χ1n) is 10.4. The number of hydrogen-bond acceptors (Lipinski definition) is 4. The number of aromatic nitrogens is 1. The highest BCUT2D eigenvalue weighted by molar-refractivity contribution is 7.91. The van der Waals surface area contributed by atoms with E-state index in [0.717, 1.165) is 17.6 Å². The highest BCUT2D eigenvalue weighted by atomic mass is 32.2. The minimum Gasteiger partial charge on any atom is -0.357 e. The van der Waals surface area contributed by atoms with Crippen molar-refractivity contribution in [3.05, 3.63) is 35.5 Å². The van der Waals surface area contributed by atoms with Crippen LogP contribution in [-0.2, 0) is 27.6 Å². The summed E-state index contributed by atoms with van der Waals surface area (Å²) in [4.78, 5) is 29.8. The van der Waals surface area contributed by atoms with Crippen LogP contribution in [0.2, 0.25) is 0 Å². The summed E-state index contributed by atoms with van der Waals surface area (Å²) < 4.78 is 23.3. The molecule has 162 valence electrons. The average molecular weight is 433 g/mol. The van der Waals surface area contributed by atoms with Crippen molar-refractivity contribution in [3.8, 4) is 0 Å². The molecule has 3 heterocycles. The van der Waals surface area contributed by atoms with E-state index in [-0.39, 0.29) is 29.9 Å². The number of para-hydroxylation sites is 1. The second kappa shape index (κ2) is 7.94. The number of hydrogen-bond donors (Lipinski definition) is 3. The van der Waals surface area contributed by atoms with Gasteiger partial charge in [0, 0.05) is 36.1 Å². The summed E-state index contributed by atoms with van der Waals surface area (Å²) >= 11 is 0. The van der Waals surface area contributed by atoms with E-state index in [1.54, 1.807) is 11.8 Å². The zero-order valence-electron chi connectivity index (χ0n) is 17.2. The number of fused-ring (bicyclic) bond motifs is 3. The van der Waals surface area contributed by atoms with E-state index >= 15 is 0 Å². The molecule has 0 spiro atoms. The molecule has 3 N–H and O–H groups in total. The summed E-state index contributed by atoms with van der Waals surface area (Å²) in [5, 5.41) is 6.95. The largest absolute Gasteiger partial charge is 0.357 e. The molecular weight excluding hydrogens is 404 g/mol. The standard InChI is InChI=1S/C21H28N4O4S/c1-21(9-12-30(28,29)14-21)24-19(26)7-4-10-22-20(27)25-11-8-16-15-5-2-3-6-17(15)23-18(16)13-25/h2-3,5-6,23H,4,7-14H2,1H3,(H,22,27)(H,24,26)/t21-/m0/s1. The Labute approximate surface area is 176 Å². The predicted molar refractivity (Wildman–Crippen MR) is 115 cm³/mol. The van der Waals surface area contributed by atoms with Crippen LogP contribution in [0.1, 0.15) is 37.4 Å². The van der Waals surface area contributed by atoms with Gasteiger partial charge in [-0.05, 0) is 37.8 Å². The second-order valence-electron chi connectivity index (χ2n) is 8.59. The molecule has 3 amide bonds. The van der Waals surface area contributed by atoms with Crippen LogP contribution >= 0.6 is 0 Å².